The van der Waals surface area contributed by atoms with Crippen LogP contribution < -0.4 is 24.8 Å². The summed E-state index contributed by atoms with van der Waals surface area (Å²) < 4.78 is 22.7. The maximum absolute atomic E-state index is 13.4. The van der Waals surface area contributed by atoms with E-state index >= 15 is 0 Å². The lowest BCUT2D eigenvalue weighted by atomic mass is 9.97. The van der Waals surface area contributed by atoms with Crippen molar-refractivity contribution in [2.24, 2.45) is 0 Å². The molecule has 47 heavy (non-hydrogen) atoms. The van der Waals surface area contributed by atoms with Gasteiger partial charge in [-0.15, -0.1) is 0 Å². The van der Waals surface area contributed by atoms with Crippen molar-refractivity contribution >= 4 is 12.0 Å². The average molecular weight is 629 g/mol. The predicted molar refractivity (Wildman–Crippen MR) is 180 cm³/mol. The van der Waals surface area contributed by atoms with Crippen LogP contribution in [0.3, 0.4) is 0 Å². The van der Waals surface area contributed by atoms with Crippen LogP contribution in [0.1, 0.15) is 39.8 Å². The van der Waals surface area contributed by atoms with Crippen molar-refractivity contribution in [3.05, 3.63) is 149 Å². The largest absolute Gasteiger partial charge is 0.497 e. The van der Waals surface area contributed by atoms with Crippen LogP contribution in [0.25, 0.3) is 11.1 Å². The van der Waals surface area contributed by atoms with E-state index in [1.54, 1.807) is 32.4 Å². The number of rotatable bonds is 12. The number of fused-ring (bicyclic) bond motifs is 3. The lowest BCUT2D eigenvalue weighted by Crippen LogP contribution is -2.31. The molecule has 0 spiro atoms. The van der Waals surface area contributed by atoms with Crippen molar-refractivity contribution in [1.82, 2.24) is 10.6 Å². The average Bonchev–Trinajstić information content (AvgIpc) is 3.45. The van der Waals surface area contributed by atoms with Gasteiger partial charge in [0.05, 0.1) is 20.3 Å². The fourth-order valence-electron chi connectivity index (χ4n) is 5.91. The monoisotopic (exact) mass is 628 g/mol. The zero-order chi connectivity index (χ0) is 32.6. The van der Waals surface area contributed by atoms with E-state index in [0.29, 0.717) is 23.8 Å². The van der Waals surface area contributed by atoms with E-state index in [-0.39, 0.29) is 25.0 Å². The number of carbonyl (C=O) groups is 2. The summed E-state index contributed by atoms with van der Waals surface area (Å²) >= 11 is 0. The van der Waals surface area contributed by atoms with Gasteiger partial charge in [-0.1, -0.05) is 91.0 Å². The van der Waals surface area contributed by atoms with E-state index < -0.39 is 12.1 Å². The summed E-state index contributed by atoms with van der Waals surface area (Å²) in [5.41, 5.74) is 7.09. The molecule has 0 radical (unpaired) electrons. The van der Waals surface area contributed by atoms with Crippen LogP contribution in [0.15, 0.2) is 121 Å². The van der Waals surface area contributed by atoms with Gasteiger partial charge in [-0.05, 0) is 57.6 Å². The molecule has 0 saturated carbocycles. The van der Waals surface area contributed by atoms with Gasteiger partial charge in [0, 0.05) is 24.1 Å². The van der Waals surface area contributed by atoms with Gasteiger partial charge >= 0.3 is 6.09 Å². The molecule has 1 aliphatic carbocycles. The molecule has 0 bridgehead atoms. The SMILES string of the molecule is COc1ccc(C(NC(=O)OCC2c3ccccc3-c3ccccc32)c2ccc(OCC(=O)NCc3ccccc3)cc2)c(OC)c1. The summed E-state index contributed by atoms with van der Waals surface area (Å²) in [7, 11) is 3.16. The van der Waals surface area contributed by atoms with Gasteiger partial charge in [-0.2, -0.15) is 0 Å². The molecule has 0 aromatic heterocycles. The fourth-order valence-corrected chi connectivity index (χ4v) is 5.91. The highest BCUT2D eigenvalue weighted by Gasteiger charge is 2.30. The number of benzene rings is 5. The smallest absolute Gasteiger partial charge is 0.407 e. The molecule has 238 valence electrons. The number of methoxy groups -OCH3 is 2. The molecule has 1 atom stereocenters. The maximum atomic E-state index is 13.4. The molecule has 0 fully saturated rings. The van der Waals surface area contributed by atoms with E-state index in [1.165, 1.54) is 0 Å². The molecule has 0 heterocycles. The predicted octanol–water partition coefficient (Wildman–Crippen LogP) is 7.03. The van der Waals surface area contributed by atoms with Gasteiger partial charge < -0.3 is 29.6 Å². The minimum Gasteiger partial charge on any atom is -0.497 e. The Balaban J connectivity index is 1.16. The van der Waals surface area contributed by atoms with Crippen LogP contribution in [0.2, 0.25) is 0 Å². The van der Waals surface area contributed by atoms with E-state index in [9.17, 15) is 9.59 Å². The third-order valence-corrected chi connectivity index (χ3v) is 8.27. The van der Waals surface area contributed by atoms with E-state index in [2.05, 4.69) is 34.9 Å². The minimum atomic E-state index is -0.616. The molecule has 0 saturated heterocycles. The molecule has 0 aliphatic heterocycles. The summed E-state index contributed by atoms with van der Waals surface area (Å²) in [6, 6.07) is 38.2. The van der Waals surface area contributed by atoms with Crippen molar-refractivity contribution in [3.63, 3.8) is 0 Å². The number of carbonyl (C=O) groups excluding carboxylic acids is 2. The number of amides is 2. The van der Waals surface area contributed by atoms with E-state index in [0.717, 1.165) is 38.9 Å². The molecule has 1 unspecified atom stereocenters. The van der Waals surface area contributed by atoms with Crippen molar-refractivity contribution in [3.8, 4) is 28.4 Å². The highest BCUT2D eigenvalue weighted by Crippen LogP contribution is 2.44. The number of ether oxygens (including phenoxy) is 4. The van der Waals surface area contributed by atoms with Crippen molar-refractivity contribution < 1.29 is 28.5 Å². The van der Waals surface area contributed by atoms with Crippen molar-refractivity contribution in [1.29, 1.82) is 0 Å². The third-order valence-electron chi connectivity index (χ3n) is 8.27. The Morgan fingerprint density at radius 1 is 0.723 bits per heavy atom. The molecule has 8 heteroatoms. The summed E-state index contributed by atoms with van der Waals surface area (Å²) in [6.45, 7) is 0.486. The molecule has 8 nitrogen and oxygen atoms in total. The molecule has 2 N–H and O–H groups in total. The van der Waals surface area contributed by atoms with Crippen LogP contribution in [0, 0.1) is 0 Å². The summed E-state index contributed by atoms with van der Waals surface area (Å²) in [4.78, 5) is 25.8. The van der Waals surface area contributed by atoms with E-state index in [1.807, 2.05) is 78.9 Å². The van der Waals surface area contributed by atoms with Gasteiger partial charge in [0.15, 0.2) is 6.61 Å². The number of nitrogens with one attached hydrogen (secondary N) is 2. The Hall–Kier alpha value is -5.76. The Morgan fingerprint density at radius 2 is 1.36 bits per heavy atom. The van der Waals surface area contributed by atoms with E-state index in [4.69, 9.17) is 18.9 Å². The lowest BCUT2D eigenvalue weighted by Gasteiger charge is -2.23. The Labute approximate surface area is 274 Å². The van der Waals surface area contributed by atoms with Gasteiger partial charge in [-0.25, -0.2) is 4.79 Å². The van der Waals surface area contributed by atoms with Gasteiger partial charge in [0.2, 0.25) is 0 Å². The van der Waals surface area contributed by atoms with Crippen LogP contribution >= 0.6 is 0 Å². The summed E-state index contributed by atoms with van der Waals surface area (Å²) in [5.74, 6) is 1.40. The molecule has 5 aromatic rings. The quantitative estimate of drug-likeness (QED) is 0.154. The molecule has 1 aliphatic rings. The minimum absolute atomic E-state index is 0.0663. The van der Waals surface area contributed by atoms with Gasteiger partial charge in [0.25, 0.3) is 5.91 Å². The molecule has 5 aromatic carbocycles. The van der Waals surface area contributed by atoms with Crippen LogP contribution in [0.4, 0.5) is 4.79 Å². The molecular formula is C39H36N2O6. The second kappa shape index (κ2) is 14.6. The second-order valence-electron chi connectivity index (χ2n) is 11.1. The van der Waals surface area contributed by atoms with Gasteiger partial charge in [0.1, 0.15) is 23.9 Å². The fraction of sp³-hybridized carbons (Fsp3) is 0.179. The highest BCUT2D eigenvalue weighted by molar-refractivity contribution is 5.79. The van der Waals surface area contributed by atoms with Gasteiger partial charge in [-0.3, -0.25) is 4.79 Å². The third kappa shape index (κ3) is 7.23. The summed E-state index contributed by atoms with van der Waals surface area (Å²) in [5, 5.41) is 5.91. The molecule has 2 amide bonds. The number of hydrogen-bond acceptors (Lipinski definition) is 6. The van der Waals surface area contributed by atoms with Crippen LogP contribution in [-0.4, -0.2) is 39.4 Å². The first-order valence-corrected chi connectivity index (χ1v) is 15.4. The van der Waals surface area contributed by atoms with Crippen LogP contribution in [-0.2, 0) is 16.1 Å². The summed E-state index contributed by atoms with van der Waals surface area (Å²) in [6.07, 6.45) is -0.565. The lowest BCUT2D eigenvalue weighted by molar-refractivity contribution is -0.123. The first-order valence-electron chi connectivity index (χ1n) is 15.4. The van der Waals surface area contributed by atoms with Crippen molar-refractivity contribution in [2.45, 2.75) is 18.5 Å². The first-order chi connectivity index (χ1) is 23.0. The zero-order valence-electron chi connectivity index (χ0n) is 26.3. The Kier molecular flexibility index (Phi) is 9.67. The topological polar surface area (TPSA) is 95.1 Å². The Morgan fingerprint density at radius 3 is 2.02 bits per heavy atom. The molecular weight excluding hydrogens is 592 g/mol. The standard InChI is InChI=1S/C39H36N2O6/c1-44-29-20-21-34(36(22-29)45-2)38(27-16-18-28(19-17-27)46-25-37(42)40-23-26-10-4-3-5-11-26)41-39(43)47-24-35-32-14-8-6-12-30(32)31-13-7-9-15-33(31)35/h3-22,35,38H,23-25H2,1-2H3,(H,40,42)(H,41,43). The maximum Gasteiger partial charge on any atom is 0.407 e. The van der Waals surface area contributed by atoms with Crippen molar-refractivity contribution in [2.75, 3.05) is 27.4 Å². The molecule has 6 rings (SSSR count). The number of alkyl carbamates (subject to hydrolysis) is 1. The first kappa shape index (κ1) is 31.2. The second-order valence-corrected chi connectivity index (χ2v) is 11.1. The normalized spacial score (nSPS) is 12.3. The van der Waals surface area contributed by atoms with Crippen LogP contribution in [0.5, 0.6) is 17.2 Å². The zero-order valence-corrected chi connectivity index (χ0v) is 26.3. The highest BCUT2D eigenvalue weighted by atomic mass is 16.5. The Bertz CT molecular complexity index is 1800. The number of hydrogen-bond donors (Lipinski definition) is 2.